The number of nitrogens with zero attached hydrogens (tertiary/aromatic N) is 1. The summed E-state index contributed by atoms with van der Waals surface area (Å²) in [7, 11) is 1.48. The van der Waals surface area contributed by atoms with Crippen LogP contribution >= 0.6 is 0 Å². The van der Waals surface area contributed by atoms with Crippen LogP contribution in [0.25, 0.3) is 0 Å². The second kappa shape index (κ2) is 6.11. The lowest BCUT2D eigenvalue weighted by molar-refractivity contribution is -0.148. The first-order chi connectivity index (χ1) is 7.19. The number of ether oxygens (including phenoxy) is 1. The minimum atomic E-state index is -0.0639. The van der Waals surface area contributed by atoms with Crippen LogP contribution in [0, 0.1) is 5.92 Å². The second-order valence-corrected chi connectivity index (χ2v) is 4.57. The van der Waals surface area contributed by atoms with E-state index in [9.17, 15) is 4.79 Å². The van der Waals surface area contributed by atoms with E-state index >= 15 is 0 Å². The largest absolute Gasteiger partial charge is 0.468 e. The Labute approximate surface area is 92.8 Å². The van der Waals surface area contributed by atoms with Gasteiger partial charge in [0.2, 0.25) is 0 Å². The number of carbonyl (C=O) groups is 1. The number of esters is 1. The molecular weight excluding hydrogens is 190 g/mol. The van der Waals surface area contributed by atoms with Crippen LogP contribution in [0.4, 0.5) is 0 Å². The minimum Gasteiger partial charge on any atom is -0.468 e. The Bertz CT molecular complexity index is 206. The van der Waals surface area contributed by atoms with Crippen LogP contribution in [-0.4, -0.2) is 37.1 Å². The maximum atomic E-state index is 11.6. The zero-order valence-corrected chi connectivity index (χ0v) is 10.2. The van der Waals surface area contributed by atoms with E-state index in [1.165, 1.54) is 20.0 Å². The van der Waals surface area contributed by atoms with Gasteiger partial charge in [-0.3, -0.25) is 9.69 Å². The Hall–Kier alpha value is -0.570. The molecule has 1 aliphatic heterocycles. The summed E-state index contributed by atoms with van der Waals surface area (Å²) < 4.78 is 4.87. The Morgan fingerprint density at radius 3 is 2.87 bits per heavy atom. The number of hydrogen-bond donors (Lipinski definition) is 0. The van der Waals surface area contributed by atoms with Gasteiger partial charge in [-0.1, -0.05) is 20.3 Å². The lowest BCUT2D eigenvalue weighted by Crippen LogP contribution is -2.46. The highest BCUT2D eigenvalue weighted by atomic mass is 16.5. The van der Waals surface area contributed by atoms with E-state index in [1.54, 1.807) is 0 Å². The van der Waals surface area contributed by atoms with E-state index in [0.717, 1.165) is 25.9 Å². The molecule has 3 heteroatoms. The van der Waals surface area contributed by atoms with Gasteiger partial charge < -0.3 is 4.74 Å². The highest BCUT2D eigenvalue weighted by Gasteiger charge is 2.28. The summed E-state index contributed by atoms with van der Waals surface area (Å²) >= 11 is 0. The van der Waals surface area contributed by atoms with Gasteiger partial charge in [0, 0.05) is 6.54 Å². The molecule has 0 unspecified atom stereocenters. The van der Waals surface area contributed by atoms with Crippen molar-refractivity contribution in [2.75, 3.05) is 20.2 Å². The SMILES string of the molecule is CCC[C@@H](C(=O)OC)N1CCC[C@@H](C)C1. The molecule has 0 N–H and O–H groups in total. The van der Waals surface area contributed by atoms with Gasteiger partial charge in [-0.15, -0.1) is 0 Å². The zero-order valence-electron chi connectivity index (χ0n) is 10.2. The number of hydrogen-bond acceptors (Lipinski definition) is 3. The molecule has 2 atom stereocenters. The van der Waals surface area contributed by atoms with Gasteiger partial charge in [0.05, 0.1) is 7.11 Å². The van der Waals surface area contributed by atoms with Crippen LogP contribution in [0.3, 0.4) is 0 Å². The molecule has 1 rings (SSSR count). The molecule has 0 aromatic carbocycles. The van der Waals surface area contributed by atoms with Crippen LogP contribution in [0.15, 0.2) is 0 Å². The standard InChI is InChI=1S/C12H23NO2/c1-4-6-11(12(14)15-3)13-8-5-7-10(2)9-13/h10-11H,4-9H2,1-3H3/t10-,11+/m1/s1. The molecule has 0 bridgehead atoms. The first kappa shape index (κ1) is 12.5. The van der Waals surface area contributed by atoms with Crippen molar-refractivity contribution in [1.29, 1.82) is 0 Å². The van der Waals surface area contributed by atoms with Crippen LogP contribution in [-0.2, 0) is 9.53 Å². The molecule has 0 aromatic rings. The van der Waals surface area contributed by atoms with Crippen molar-refractivity contribution in [1.82, 2.24) is 4.90 Å². The van der Waals surface area contributed by atoms with E-state index in [0.29, 0.717) is 5.92 Å². The van der Waals surface area contributed by atoms with Crippen molar-refractivity contribution < 1.29 is 9.53 Å². The third kappa shape index (κ3) is 3.49. The fourth-order valence-corrected chi connectivity index (χ4v) is 2.37. The average molecular weight is 213 g/mol. The van der Waals surface area contributed by atoms with Crippen LogP contribution in [0.5, 0.6) is 0 Å². The van der Waals surface area contributed by atoms with E-state index in [2.05, 4.69) is 18.7 Å². The highest BCUT2D eigenvalue weighted by molar-refractivity contribution is 5.75. The van der Waals surface area contributed by atoms with Gasteiger partial charge in [-0.25, -0.2) is 0 Å². The van der Waals surface area contributed by atoms with Gasteiger partial charge >= 0.3 is 5.97 Å². The highest BCUT2D eigenvalue weighted by Crippen LogP contribution is 2.20. The fraction of sp³-hybridized carbons (Fsp3) is 0.917. The zero-order chi connectivity index (χ0) is 11.3. The lowest BCUT2D eigenvalue weighted by Gasteiger charge is -2.35. The predicted molar refractivity (Wildman–Crippen MR) is 60.7 cm³/mol. The number of carbonyl (C=O) groups excluding carboxylic acids is 1. The van der Waals surface area contributed by atoms with E-state index in [1.807, 2.05) is 0 Å². The molecule has 0 saturated carbocycles. The number of methoxy groups -OCH3 is 1. The molecule has 1 fully saturated rings. The van der Waals surface area contributed by atoms with Crippen LogP contribution < -0.4 is 0 Å². The first-order valence-corrected chi connectivity index (χ1v) is 6.01. The van der Waals surface area contributed by atoms with Gasteiger partial charge in [0.15, 0.2) is 0 Å². The Morgan fingerprint density at radius 2 is 2.33 bits per heavy atom. The van der Waals surface area contributed by atoms with Gasteiger partial charge in [0.1, 0.15) is 6.04 Å². The maximum absolute atomic E-state index is 11.6. The van der Waals surface area contributed by atoms with Crippen molar-refractivity contribution >= 4 is 5.97 Å². The maximum Gasteiger partial charge on any atom is 0.323 e. The molecule has 1 aliphatic rings. The molecule has 3 nitrogen and oxygen atoms in total. The van der Waals surface area contributed by atoms with E-state index in [-0.39, 0.29) is 12.0 Å². The Kier molecular flexibility index (Phi) is 5.09. The molecule has 0 radical (unpaired) electrons. The molecule has 0 amide bonds. The monoisotopic (exact) mass is 213 g/mol. The topological polar surface area (TPSA) is 29.5 Å². The summed E-state index contributed by atoms with van der Waals surface area (Å²) in [4.78, 5) is 13.9. The summed E-state index contributed by atoms with van der Waals surface area (Å²) in [6.45, 7) is 6.46. The normalized spacial score (nSPS) is 24.9. The van der Waals surface area contributed by atoms with Crippen molar-refractivity contribution in [3.8, 4) is 0 Å². The summed E-state index contributed by atoms with van der Waals surface area (Å²) in [5, 5.41) is 0. The molecule has 1 heterocycles. The summed E-state index contributed by atoms with van der Waals surface area (Å²) in [5.41, 5.74) is 0. The van der Waals surface area contributed by atoms with Crippen LogP contribution in [0.1, 0.15) is 39.5 Å². The van der Waals surface area contributed by atoms with Crippen molar-refractivity contribution in [2.24, 2.45) is 5.92 Å². The fourth-order valence-electron chi connectivity index (χ4n) is 2.37. The molecule has 0 spiro atoms. The molecule has 15 heavy (non-hydrogen) atoms. The molecular formula is C12H23NO2. The van der Waals surface area contributed by atoms with Gasteiger partial charge in [-0.2, -0.15) is 0 Å². The van der Waals surface area contributed by atoms with Crippen molar-refractivity contribution in [2.45, 2.75) is 45.6 Å². The Morgan fingerprint density at radius 1 is 1.60 bits per heavy atom. The second-order valence-electron chi connectivity index (χ2n) is 4.57. The van der Waals surface area contributed by atoms with Crippen molar-refractivity contribution in [3.05, 3.63) is 0 Å². The van der Waals surface area contributed by atoms with Gasteiger partial charge in [0.25, 0.3) is 0 Å². The number of rotatable bonds is 4. The van der Waals surface area contributed by atoms with Gasteiger partial charge in [-0.05, 0) is 31.7 Å². The first-order valence-electron chi connectivity index (χ1n) is 6.01. The summed E-state index contributed by atoms with van der Waals surface area (Å²) in [5.74, 6) is 0.647. The summed E-state index contributed by atoms with van der Waals surface area (Å²) in [6, 6.07) is -0.0113. The van der Waals surface area contributed by atoms with E-state index in [4.69, 9.17) is 4.74 Å². The Balaban J connectivity index is 2.57. The molecule has 0 aliphatic carbocycles. The third-order valence-corrected chi connectivity index (χ3v) is 3.16. The smallest absolute Gasteiger partial charge is 0.323 e. The average Bonchev–Trinajstić information content (AvgIpc) is 2.25. The molecule has 0 aromatic heterocycles. The van der Waals surface area contributed by atoms with Crippen LogP contribution in [0.2, 0.25) is 0 Å². The van der Waals surface area contributed by atoms with Crippen molar-refractivity contribution in [3.63, 3.8) is 0 Å². The minimum absolute atomic E-state index is 0.0113. The molecule has 88 valence electrons. The predicted octanol–water partition coefficient (Wildman–Crippen LogP) is 2.06. The number of likely N-dealkylation sites (tertiary alicyclic amines) is 1. The quantitative estimate of drug-likeness (QED) is 0.669. The molecule has 1 saturated heterocycles. The lowest BCUT2D eigenvalue weighted by atomic mass is 9.97. The third-order valence-electron chi connectivity index (χ3n) is 3.16. The number of piperidine rings is 1. The summed E-state index contributed by atoms with van der Waals surface area (Å²) in [6.07, 6.45) is 4.44. The van der Waals surface area contributed by atoms with E-state index < -0.39 is 0 Å².